The predicted molar refractivity (Wildman–Crippen MR) is 75.2 cm³/mol. The molecule has 0 radical (unpaired) electrons. The van der Waals surface area contributed by atoms with Crippen LogP contribution in [-0.2, 0) is 9.53 Å². The Balaban J connectivity index is 2.76. The molecule has 0 aliphatic carbocycles. The molecule has 1 rings (SSSR count). The SMILES string of the molecule is COCCNC(=O)CN(C)c1c(F)cccc1[C@H](C)O. The number of para-hydroxylation sites is 1. The normalized spacial score (nSPS) is 12.1. The van der Waals surface area contributed by atoms with Gasteiger partial charge >= 0.3 is 0 Å². The maximum absolute atomic E-state index is 13.9. The number of hydrogen-bond acceptors (Lipinski definition) is 4. The molecule has 0 aliphatic heterocycles. The first kappa shape index (κ1) is 16.4. The van der Waals surface area contributed by atoms with Crippen molar-refractivity contribution in [3.8, 4) is 0 Å². The second-order valence-electron chi connectivity index (χ2n) is 4.55. The zero-order valence-corrected chi connectivity index (χ0v) is 12.0. The van der Waals surface area contributed by atoms with Crippen LogP contribution < -0.4 is 10.2 Å². The Hall–Kier alpha value is -1.66. The van der Waals surface area contributed by atoms with Gasteiger partial charge in [0.2, 0.25) is 5.91 Å². The van der Waals surface area contributed by atoms with Crippen LogP contribution in [0.3, 0.4) is 0 Å². The van der Waals surface area contributed by atoms with Gasteiger partial charge in [0, 0.05) is 26.3 Å². The van der Waals surface area contributed by atoms with Gasteiger partial charge in [0.25, 0.3) is 0 Å². The number of carbonyl (C=O) groups is 1. The molecule has 0 fully saturated rings. The lowest BCUT2D eigenvalue weighted by Crippen LogP contribution is -2.37. The fraction of sp³-hybridized carbons (Fsp3) is 0.500. The Morgan fingerprint density at radius 2 is 2.25 bits per heavy atom. The van der Waals surface area contributed by atoms with E-state index in [4.69, 9.17) is 4.74 Å². The van der Waals surface area contributed by atoms with E-state index in [0.717, 1.165) is 0 Å². The minimum atomic E-state index is -0.806. The topological polar surface area (TPSA) is 61.8 Å². The van der Waals surface area contributed by atoms with Crippen LogP contribution in [0.1, 0.15) is 18.6 Å². The van der Waals surface area contributed by atoms with Crippen molar-refractivity contribution >= 4 is 11.6 Å². The highest BCUT2D eigenvalue weighted by atomic mass is 19.1. The van der Waals surface area contributed by atoms with Gasteiger partial charge in [-0.25, -0.2) is 4.39 Å². The molecule has 0 saturated carbocycles. The number of hydrogen-bond donors (Lipinski definition) is 2. The smallest absolute Gasteiger partial charge is 0.239 e. The van der Waals surface area contributed by atoms with Gasteiger partial charge in [0.1, 0.15) is 5.82 Å². The van der Waals surface area contributed by atoms with Gasteiger partial charge in [-0.1, -0.05) is 12.1 Å². The summed E-state index contributed by atoms with van der Waals surface area (Å²) in [6.45, 7) is 2.40. The molecule has 6 heteroatoms. The maximum Gasteiger partial charge on any atom is 0.239 e. The predicted octanol–water partition coefficient (Wildman–Crippen LogP) is 1.08. The minimum Gasteiger partial charge on any atom is -0.389 e. The number of aliphatic hydroxyl groups excluding tert-OH is 1. The van der Waals surface area contributed by atoms with Crippen molar-refractivity contribution < 1.29 is 19.0 Å². The number of amides is 1. The van der Waals surface area contributed by atoms with Crippen LogP contribution in [0.5, 0.6) is 0 Å². The summed E-state index contributed by atoms with van der Waals surface area (Å²) in [5.74, 6) is -0.695. The lowest BCUT2D eigenvalue weighted by molar-refractivity contribution is -0.119. The molecule has 5 nitrogen and oxygen atoms in total. The highest BCUT2D eigenvalue weighted by Gasteiger charge is 2.17. The van der Waals surface area contributed by atoms with E-state index < -0.39 is 11.9 Å². The van der Waals surface area contributed by atoms with Gasteiger partial charge in [-0.3, -0.25) is 4.79 Å². The van der Waals surface area contributed by atoms with Gasteiger partial charge in [0.05, 0.1) is 24.9 Å². The van der Waals surface area contributed by atoms with Crippen molar-refractivity contribution in [2.75, 3.05) is 38.8 Å². The summed E-state index contributed by atoms with van der Waals surface area (Å²) >= 11 is 0. The standard InChI is InChI=1S/C14H21FN2O3/c1-10(18)11-5-4-6-12(15)14(11)17(2)9-13(19)16-7-8-20-3/h4-6,10,18H,7-9H2,1-3H3,(H,16,19)/t10-/m0/s1. The van der Waals surface area contributed by atoms with Crippen molar-refractivity contribution in [3.05, 3.63) is 29.6 Å². The van der Waals surface area contributed by atoms with E-state index in [0.29, 0.717) is 18.7 Å². The van der Waals surface area contributed by atoms with Crippen LogP contribution in [-0.4, -0.2) is 44.9 Å². The van der Waals surface area contributed by atoms with E-state index >= 15 is 0 Å². The lowest BCUT2D eigenvalue weighted by Gasteiger charge is -2.23. The number of nitrogens with zero attached hydrogens (tertiary/aromatic N) is 1. The molecule has 0 aliphatic rings. The number of carbonyl (C=O) groups excluding carboxylic acids is 1. The number of nitrogens with one attached hydrogen (secondary N) is 1. The fourth-order valence-electron chi connectivity index (χ4n) is 1.91. The molecule has 0 unspecified atom stereocenters. The first-order chi connectivity index (χ1) is 9.47. The quantitative estimate of drug-likeness (QED) is 0.736. The number of benzene rings is 1. The van der Waals surface area contributed by atoms with Crippen LogP contribution in [0.15, 0.2) is 18.2 Å². The molecule has 2 N–H and O–H groups in total. The van der Waals surface area contributed by atoms with E-state index in [1.807, 2.05) is 0 Å². The molecule has 1 aromatic rings. The van der Waals surface area contributed by atoms with E-state index in [2.05, 4.69) is 5.32 Å². The fourth-order valence-corrected chi connectivity index (χ4v) is 1.91. The van der Waals surface area contributed by atoms with Crippen LogP contribution in [0.25, 0.3) is 0 Å². The third kappa shape index (κ3) is 4.47. The average molecular weight is 284 g/mol. The van der Waals surface area contributed by atoms with Crippen LogP contribution in [0, 0.1) is 5.82 Å². The Morgan fingerprint density at radius 1 is 1.55 bits per heavy atom. The van der Waals surface area contributed by atoms with Gasteiger partial charge in [-0.15, -0.1) is 0 Å². The number of methoxy groups -OCH3 is 1. The van der Waals surface area contributed by atoms with E-state index in [9.17, 15) is 14.3 Å². The van der Waals surface area contributed by atoms with Crippen molar-refractivity contribution in [1.82, 2.24) is 5.32 Å². The summed E-state index contributed by atoms with van der Waals surface area (Å²) in [5.41, 5.74) is 0.696. The van der Waals surface area contributed by atoms with E-state index in [-0.39, 0.29) is 18.1 Å². The summed E-state index contributed by atoms with van der Waals surface area (Å²) in [7, 11) is 3.16. The van der Waals surface area contributed by atoms with Crippen LogP contribution >= 0.6 is 0 Å². The van der Waals surface area contributed by atoms with Gasteiger partial charge in [-0.2, -0.15) is 0 Å². The Labute approximate surface area is 118 Å². The Kier molecular flexibility index (Phi) is 6.41. The Bertz CT molecular complexity index is 452. The monoisotopic (exact) mass is 284 g/mol. The summed E-state index contributed by atoms with van der Waals surface area (Å²) in [6, 6.07) is 4.48. The summed E-state index contributed by atoms with van der Waals surface area (Å²) in [4.78, 5) is 13.2. The molecule has 1 amide bonds. The number of aliphatic hydroxyl groups is 1. The zero-order chi connectivity index (χ0) is 15.1. The number of halogens is 1. The largest absolute Gasteiger partial charge is 0.389 e. The number of rotatable bonds is 7. The Morgan fingerprint density at radius 3 is 2.85 bits per heavy atom. The molecule has 20 heavy (non-hydrogen) atoms. The zero-order valence-electron chi connectivity index (χ0n) is 12.0. The minimum absolute atomic E-state index is 0.00433. The molecule has 0 heterocycles. The molecule has 1 atom stereocenters. The molecule has 0 bridgehead atoms. The molecule has 1 aromatic carbocycles. The number of ether oxygens (including phenoxy) is 1. The second kappa shape index (κ2) is 7.81. The highest BCUT2D eigenvalue weighted by Crippen LogP contribution is 2.28. The summed E-state index contributed by atoms with van der Waals surface area (Å²) in [5, 5.41) is 12.3. The molecule has 0 spiro atoms. The summed E-state index contributed by atoms with van der Waals surface area (Å²) < 4.78 is 18.7. The van der Waals surface area contributed by atoms with Crippen molar-refractivity contribution in [2.45, 2.75) is 13.0 Å². The molecular formula is C14H21FN2O3. The van der Waals surface area contributed by atoms with E-state index in [1.165, 1.54) is 17.0 Å². The number of likely N-dealkylation sites (N-methyl/N-ethyl adjacent to an activating group) is 1. The molecule has 0 saturated heterocycles. The van der Waals surface area contributed by atoms with Gasteiger partial charge in [-0.05, 0) is 13.0 Å². The molecule has 0 aromatic heterocycles. The average Bonchev–Trinajstić information content (AvgIpc) is 2.38. The highest BCUT2D eigenvalue weighted by molar-refractivity contribution is 5.81. The maximum atomic E-state index is 13.9. The van der Waals surface area contributed by atoms with Gasteiger partial charge < -0.3 is 20.1 Å². The van der Waals surface area contributed by atoms with Gasteiger partial charge in [0.15, 0.2) is 0 Å². The first-order valence-electron chi connectivity index (χ1n) is 6.40. The number of anilines is 1. The second-order valence-corrected chi connectivity index (χ2v) is 4.55. The third-order valence-corrected chi connectivity index (χ3v) is 2.86. The van der Waals surface area contributed by atoms with E-state index in [1.54, 1.807) is 27.1 Å². The first-order valence-corrected chi connectivity index (χ1v) is 6.40. The van der Waals surface area contributed by atoms with Crippen molar-refractivity contribution in [3.63, 3.8) is 0 Å². The van der Waals surface area contributed by atoms with Crippen LogP contribution in [0.4, 0.5) is 10.1 Å². The van der Waals surface area contributed by atoms with Crippen molar-refractivity contribution in [1.29, 1.82) is 0 Å². The van der Waals surface area contributed by atoms with Crippen molar-refractivity contribution in [2.24, 2.45) is 0 Å². The third-order valence-electron chi connectivity index (χ3n) is 2.86. The lowest BCUT2D eigenvalue weighted by atomic mass is 10.1. The molecule has 112 valence electrons. The summed E-state index contributed by atoms with van der Waals surface area (Å²) in [6.07, 6.45) is -0.806. The molecular weight excluding hydrogens is 263 g/mol. The van der Waals surface area contributed by atoms with Crippen LogP contribution in [0.2, 0.25) is 0 Å².